The first-order valence-corrected chi connectivity index (χ1v) is 7.45. The number of para-hydroxylation sites is 2. The first-order valence-electron chi connectivity index (χ1n) is 7.45. The van der Waals surface area contributed by atoms with Gasteiger partial charge in [-0.2, -0.15) is 0 Å². The molecule has 2 aromatic carbocycles. The van der Waals surface area contributed by atoms with Crippen molar-refractivity contribution in [3.8, 4) is 5.75 Å². The minimum atomic E-state index is -0.684. The molecule has 0 fully saturated rings. The van der Waals surface area contributed by atoms with E-state index >= 15 is 0 Å². The van der Waals surface area contributed by atoms with Gasteiger partial charge in [0.25, 0.3) is 0 Å². The molecule has 0 radical (unpaired) electrons. The van der Waals surface area contributed by atoms with Crippen LogP contribution in [0.2, 0.25) is 0 Å². The van der Waals surface area contributed by atoms with Crippen molar-refractivity contribution in [2.75, 3.05) is 32.2 Å². The molecule has 5 heteroatoms. The number of methoxy groups -OCH3 is 1. The third-order valence-electron chi connectivity index (χ3n) is 3.51. The fourth-order valence-corrected chi connectivity index (χ4v) is 2.33. The van der Waals surface area contributed by atoms with E-state index in [0.717, 1.165) is 11.4 Å². The van der Waals surface area contributed by atoms with Gasteiger partial charge in [0.1, 0.15) is 11.6 Å². The maximum absolute atomic E-state index is 13.5. The fraction of sp³-hybridized carbons (Fsp3) is 0.333. The van der Waals surface area contributed by atoms with E-state index in [1.165, 1.54) is 6.07 Å². The molecule has 0 amide bonds. The molecular weight excluding hydrogens is 297 g/mol. The zero-order valence-electron chi connectivity index (χ0n) is 13.4. The number of aliphatic hydroxyl groups excluding tert-OH is 1. The van der Waals surface area contributed by atoms with Crippen LogP contribution in [0.15, 0.2) is 48.5 Å². The third-order valence-corrected chi connectivity index (χ3v) is 3.51. The second kappa shape index (κ2) is 8.50. The highest BCUT2D eigenvalue weighted by molar-refractivity contribution is 5.57. The SMILES string of the molecule is COc1ccccc1N(C)C[C@H](O)COCc1ccccc1F. The summed E-state index contributed by atoms with van der Waals surface area (Å²) >= 11 is 0. The smallest absolute Gasteiger partial charge is 0.142 e. The van der Waals surface area contributed by atoms with Gasteiger partial charge in [-0.25, -0.2) is 4.39 Å². The Morgan fingerprint density at radius 2 is 1.83 bits per heavy atom. The van der Waals surface area contributed by atoms with Gasteiger partial charge in [-0.1, -0.05) is 30.3 Å². The molecular formula is C18H22FNO3. The number of likely N-dealkylation sites (N-methyl/N-ethyl adjacent to an activating group) is 1. The van der Waals surface area contributed by atoms with E-state index in [9.17, 15) is 9.50 Å². The quantitative estimate of drug-likeness (QED) is 0.812. The van der Waals surface area contributed by atoms with Crippen molar-refractivity contribution < 1.29 is 19.0 Å². The van der Waals surface area contributed by atoms with Crippen LogP contribution in [0.5, 0.6) is 5.75 Å². The van der Waals surface area contributed by atoms with Crippen molar-refractivity contribution >= 4 is 5.69 Å². The third kappa shape index (κ3) is 4.94. The van der Waals surface area contributed by atoms with Gasteiger partial charge in [0, 0.05) is 19.2 Å². The summed E-state index contributed by atoms with van der Waals surface area (Å²) in [5, 5.41) is 10.1. The maximum atomic E-state index is 13.5. The molecule has 1 N–H and O–H groups in total. The highest BCUT2D eigenvalue weighted by atomic mass is 19.1. The number of rotatable bonds is 8. The number of ether oxygens (including phenoxy) is 2. The Kier molecular flexibility index (Phi) is 6.38. The van der Waals surface area contributed by atoms with Crippen molar-refractivity contribution in [2.45, 2.75) is 12.7 Å². The van der Waals surface area contributed by atoms with Gasteiger partial charge < -0.3 is 19.5 Å². The van der Waals surface area contributed by atoms with E-state index in [4.69, 9.17) is 9.47 Å². The summed E-state index contributed by atoms with van der Waals surface area (Å²) in [4.78, 5) is 1.90. The number of nitrogens with zero attached hydrogens (tertiary/aromatic N) is 1. The molecule has 0 unspecified atom stereocenters. The van der Waals surface area contributed by atoms with Crippen LogP contribution in [0.25, 0.3) is 0 Å². The van der Waals surface area contributed by atoms with Gasteiger partial charge in [-0.3, -0.25) is 0 Å². The lowest BCUT2D eigenvalue weighted by Crippen LogP contribution is -2.32. The van der Waals surface area contributed by atoms with Crippen LogP contribution in [0.1, 0.15) is 5.56 Å². The van der Waals surface area contributed by atoms with E-state index in [0.29, 0.717) is 12.1 Å². The van der Waals surface area contributed by atoms with Crippen molar-refractivity contribution in [1.29, 1.82) is 0 Å². The van der Waals surface area contributed by atoms with Crippen LogP contribution < -0.4 is 9.64 Å². The van der Waals surface area contributed by atoms with Crippen LogP contribution in [0, 0.1) is 5.82 Å². The molecule has 0 aromatic heterocycles. The van der Waals surface area contributed by atoms with Crippen LogP contribution in [0.4, 0.5) is 10.1 Å². The van der Waals surface area contributed by atoms with Crippen LogP contribution in [-0.2, 0) is 11.3 Å². The minimum Gasteiger partial charge on any atom is -0.495 e. The average molecular weight is 319 g/mol. The first-order chi connectivity index (χ1) is 11.1. The van der Waals surface area contributed by atoms with E-state index < -0.39 is 6.10 Å². The minimum absolute atomic E-state index is 0.133. The highest BCUT2D eigenvalue weighted by Gasteiger charge is 2.13. The Hall–Kier alpha value is -2.11. The Morgan fingerprint density at radius 3 is 2.57 bits per heavy atom. The van der Waals surface area contributed by atoms with Gasteiger partial charge in [-0.05, 0) is 18.2 Å². The van der Waals surface area contributed by atoms with Gasteiger partial charge in [-0.15, -0.1) is 0 Å². The number of benzene rings is 2. The molecule has 0 aliphatic carbocycles. The molecule has 1 atom stereocenters. The predicted octanol–water partition coefficient (Wildman–Crippen LogP) is 2.85. The molecule has 0 aliphatic heterocycles. The second-order valence-corrected chi connectivity index (χ2v) is 5.31. The lowest BCUT2D eigenvalue weighted by Gasteiger charge is -2.24. The summed E-state index contributed by atoms with van der Waals surface area (Å²) in [6.45, 7) is 0.660. The van der Waals surface area contributed by atoms with E-state index in [1.807, 2.05) is 36.2 Å². The lowest BCUT2D eigenvalue weighted by atomic mass is 10.2. The van der Waals surface area contributed by atoms with E-state index in [2.05, 4.69) is 0 Å². The maximum Gasteiger partial charge on any atom is 0.142 e. The molecule has 0 spiro atoms. The Balaban J connectivity index is 1.82. The number of aliphatic hydroxyl groups is 1. The molecule has 0 saturated heterocycles. The molecule has 0 bridgehead atoms. The highest BCUT2D eigenvalue weighted by Crippen LogP contribution is 2.26. The molecule has 23 heavy (non-hydrogen) atoms. The van der Waals surface area contributed by atoms with Crippen molar-refractivity contribution in [1.82, 2.24) is 0 Å². The Morgan fingerprint density at radius 1 is 1.13 bits per heavy atom. The Labute approximate surface area is 136 Å². The Bertz CT molecular complexity index is 621. The molecule has 0 aliphatic rings. The summed E-state index contributed by atoms with van der Waals surface area (Å²) in [5.41, 5.74) is 1.38. The standard InChI is InChI=1S/C18H22FNO3/c1-20(17-9-5-6-10-18(17)22-2)11-15(21)13-23-12-14-7-3-4-8-16(14)19/h3-10,15,21H,11-13H2,1-2H3/t15-/m0/s1. The summed E-state index contributed by atoms with van der Waals surface area (Å²) < 4.78 is 24.2. The lowest BCUT2D eigenvalue weighted by molar-refractivity contribution is 0.0314. The zero-order valence-corrected chi connectivity index (χ0v) is 13.4. The summed E-state index contributed by atoms with van der Waals surface area (Å²) in [6, 6.07) is 14.1. The topological polar surface area (TPSA) is 41.9 Å². The summed E-state index contributed by atoms with van der Waals surface area (Å²) in [6.07, 6.45) is -0.684. The van der Waals surface area contributed by atoms with Crippen molar-refractivity contribution in [3.63, 3.8) is 0 Å². The molecule has 4 nitrogen and oxygen atoms in total. The van der Waals surface area contributed by atoms with Gasteiger partial charge >= 0.3 is 0 Å². The molecule has 0 saturated carbocycles. The van der Waals surface area contributed by atoms with Crippen molar-refractivity contribution in [3.05, 3.63) is 59.9 Å². The zero-order chi connectivity index (χ0) is 16.7. The molecule has 0 heterocycles. The molecule has 124 valence electrons. The normalized spacial score (nSPS) is 12.0. The molecule has 2 aromatic rings. The second-order valence-electron chi connectivity index (χ2n) is 5.31. The molecule has 2 rings (SSSR count). The fourth-order valence-electron chi connectivity index (χ4n) is 2.33. The van der Waals surface area contributed by atoms with Crippen LogP contribution in [0.3, 0.4) is 0 Å². The van der Waals surface area contributed by atoms with Gasteiger partial charge in [0.15, 0.2) is 0 Å². The number of halogens is 1. The largest absolute Gasteiger partial charge is 0.495 e. The van der Waals surface area contributed by atoms with Gasteiger partial charge in [0.2, 0.25) is 0 Å². The van der Waals surface area contributed by atoms with Crippen LogP contribution >= 0.6 is 0 Å². The predicted molar refractivity (Wildman–Crippen MR) is 88.3 cm³/mol. The number of hydrogen-bond donors (Lipinski definition) is 1. The number of hydrogen-bond acceptors (Lipinski definition) is 4. The van der Waals surface area contributed by atoms with E-state index in [-0.39, 0.29) is 19.0 Å². The summed E-state index contributed by atoms with van der Waals surface area (Å²) in [7, 11) is 3.48. The summed E-state index contributed by atoms with van der Waals surface area (Å²) in [5.74, 6) is 0.447. The van der Waals surface area contributed by atoms with Crippen LogP contribution in [-0.4, -0.2) is 38.5 Å². The van der Waals surface area contributed by atoms with Crippen molar-refractivity contribution in [2.24, 2.45) is 0 Å². The van der Waals surface area contributed by atoms with E-state index in [1.54, 1.807) is 25.3 Å². The van der Waals surface area contributed by atoms with Gasteiger partial charge in [0.05, 0.1) is 32.1 Å². The first kappa shape index (κ1) is 17.2. The number of anilines is 1. The average Bonchev–Trinajstić information content (AvgIpc) is 2.56. The monoisotopic (exact) mass is 319 g/mol.